The number of aromatic nitrogens is 2. The van der Waals surface area contributed by atoms with Gasteiger partial charge in [-0.2, -0.15) is 0 Å². The van der Waals surface area contributed by atoms with E-state index in [0.29, 0.717) is 10.8 Å². The van der Waals surface area contributed by atoms with Gasteiger partial charge in [-0.15, -0.1) is 0 Å². The Kier molecular flexibility index (Phi) is 7.40. The first-order valence-electron chi connectivity index (χ1n) is 12.3. The zero-order valence-electron chi connectivity index (χ0n) is 21.4. The van der Waals surface area contributed by atoms with Crippen LogP contribution in [0.3, 0.4) is 0 Å². The van der Waals surface area contributed by atoms with Gasteiger partial charge in [0.05, 0.1) is 17.3 Å². The van der Waals surface area contributed by atoms with Crippen molar-refractivity contribution in [1.82, 2.24) is 14.9 Å². The number of methoxy groups -OCH3 is 1. The van der Waals surface area contributed by atoms with Crippen molar-refractivity contribution in [3.05, 3.63) is 108 Å². The van der Waals surface area contributed by atoms with Crippen LogP contribution < -0.4 is 15.5 Å². The van der Waals surface area contributed by atoms with Crippen LogP contribution in [0.2, 0.25) is 0 Å². The van der Waals surface area contributed by atoms with Crippen LogP contribution in [0.15, 0.2) is 85.2 Å². The van der Waals surface area contributed by atoms with Crippen LogP contribution in [0.25, 0.3) is 5.69 Å². The first kappa shape index (κ1) is 26.1. The molecule has 2 atom stereocenters. The van der Waals surface area contributed by atoms with E-state index in [2.05, 4.69) is 15.6 Å². The fraction of sp³-hybridized carbons (Fsp3) is 0.172. The monoisotopic (exact) mass is 541 g/mol. The third kappa shape index (κ3) is 5.25. The number of carbonyl (C=O) groups excluding carboxylic acids is 1. The number of benzene rings is 2. The molecule has 0 unspecified atom stereocenters. The smallest absolute Gasteiger partial charge is 0.335 e. The number of amides is 1. The Morgan fingerprint density at radius 2 is 1.92 bits per heavy atom. The normalized spacial score (nSPS) is 16.7. The van der Waals surface area contributed by atoms with Gasteiger partial charge in [-0.25, -0.2) is 4.79 Å². The van der Waals surface area contributed by atoms with E-state index in [-0.39, 0.29) is 30.2 Å². The fourth-order valence-corrected chi connectivity index (χ4v) is 5.19. The summed E-state index contributed by atoms with van der Waals surface area (Å²) in [6, 6.07) is 21.6. The Morgan fingerprint density at radius 3 is 2.64 bits per heavy atom. The largest absolute Gasteiger partial charge is 0.478 e. The summed E-state index contributed by atoms with van der Waals surface area (Å²) in [5.41, 5.74) is 5.03. The molecule has 5 rings (SSSR count). The summed E-state index contributed by atoms with van der Waals surface area (Å²) < 4.78 is 6.90. The number of ether oxygens (including phenoxy) is 1. The van der Waals surface area contributed by atoms with E-state index in [1.54, 1.807) is 24.4 Å². The van der Waals surface area contributed by atoms with Crippen molar-refractivity contribution in [2.24, 2.45) is 0 Å². The van der Waals surface area contributed by atoms with Crippen LogP contribution in [0.1, 0.15) is 39.4 Å². The third-order valence-electron chi connectivity index (χ3n) is 6.59. The second kappa shape index (κ2) is 11.1. The van der Waals surface area contributed by atoms with Crippen LogP contribution in [-0.4, -0.2) is 45.4 Å². The molecule has 198 valence electrons. The predicted octanol–water partition coefficient (Wildman–Crippen LogP) is 4.64. The second-order valence-electron chi connectivity index (χ2n) is 9.14. The first-order valence-corrected chi connectivity index (χ1v) is 12.7. The molecule has 3 N–H and O–H groups in total. The Balaban J connectivity index is 1.60. The Morgan fingerprint density at radius 1 is 1.08 bits per heavy atom. The molecule has 0 bridgehead atoms. The average Bonchev–Trinajstić information content (AvgIpc) is 3.55. The molecule has 2 aromatic heterocycles. The van der Waals surface area contributed by atoms with Gasteiger partial charge in [0, 0.05) is 42.3 Å². The number of nitrogens with one attached hydrogen (secondary N) is 2. The van der Waals surface area contributed by atoms with Gasteiger partial charge in [0.15, 0.2) is 5.11 Å². The summed E-state index contributed by atoms with van der Waals surface area (Å²) in [6.45, 7) is 1.89. The summed E-state index contributed by atoms with van der Waals surface area (Å²) in [7, 11) is 1.47. The van der Waals surface area contributed by atoms with E-state index in [1.165, 1.54) is 7.11 Å². The lowest BCUT2D eigenvalue weighted by Gasteiger charge is -2.29. The summed E-state index contributed by atoms with van der Waals surface area (Å²) in [6.07, 6.45) is 3.65. The molecular weight excluding hydrogens is 514 g/mol. The molecule has 1 saturated heterocycles. The van der Waals surface area contributed by atoms with E-state index in [9.17, 15) is 14.7 Å². The van der Waals surface area contributed by atoms with Crippen LogP contribution >= 0.6 is 12.2 Å². The highest BCUT2D eigenvalue weighted by molar-refractivity contribution is 7.80. The molecule has 39 heavy (non-hydrogen) atoms. The molecule has 1 amide bonds. The quantitative estimate of drug-likeness (QED) is 0.277. The number of carboxylic acids is 1. The molecule has 10 heteroatoms. The van der Waals surface area contributed by atoms with Gasteiger partial charge in [-0.05, 0) is 85.4 Å². The highest BCUT2D eigenvalue weighted by Crippen LogP contribution is 2.43. The predicted molar refractivity (Wildman–Crippen MR) is 152 cm³/mol. The van der Waals surface area contributed by atoms with Crippen LogP contribution in [0, 0.1) is 6.92 Å². The van der Waals surface area contributed by atoms with E-state index >= 15 is 0 Å². The minimum Gasteiger partial charge on any atom is -0.478 e. The maximum Gasteiger partial charge on any atom is 0.335 e. The van der Waals surface area contributed by atoms with E-state index in [4.69, 9.17) is 17.0 Å². The van der Waals surface area contributed by atoms with Crippen molar-refractivity contribution >= 4 is 40.6 Å². The van der Waals surface area contributed by atoms with Crippen molar-refractivity contribution in [3.63, 3.8) is 0 Å². The molecule has 1 fully saturated rings. The Bertz CT molecular complexity index is 1540. The molecule has 1 aliphatic heterocycles. The van der Waals surface area contributed by atoms with E-state index in [0.717, 1.165) is 28.3 Å². The number of pyridine rings is 1. The average molecular weight is 542 g/mol. The number of carbonyl (C=O) groups is 2. The zero-order chi connectivity index (χ0) is 27.5. The minimum atomic E-state index is -0.990. The maximum absolute atomic E-state index is 12.1. The topological polar surface area (TPSA) is 109 Å². The van der Waals surface area contributed by atoms with Gasteiger partial charge >= 0.3 is 5.97 Å². The molecule has 9 nitrogen and oxygen atoms in total. The molecule has 1 aliphatic rings. The number of aromatic carboxylic acids is 1. The zero-order valence-corrected chi connectivity index (χ0v) is 22.2. The van der Waals surface area contributed by atoms with Gasteiger partial charge < -0.3 is 29.9 Å². The molecular formula is C29H27N5O4S. The fourth-order valence-electron chi connectivity index (χ4n) is 4.85. The summed E-state index contributed by atoms with van der Waals surface area (Å²) in [5.74, 6) is -1.23. The lowest BCUT2D eigenvalue weighted by atomic mass is 10.00. The molecule has 3 heterocycles. The summed E-state index contributed by atoms with van der Waals surface area (Å²) in [5, 5.41) is 16.4. The van der Waals surface area contributed by atoms with Crippen molar-refractivity contribution in [3.8, 4) is 5.69 Å². The first-order chi connectivity index (χ1) is 18.9. The number of rotatable bonds is 8. The third-order valence-corrected chi connectivity index (χ3v) is 6.90. The van der Waals surface area contributed by atoms with Crippen molar-refractivity contribution < 1.29 is 19.4 Å². The number of aryl methyl sites for hydroxylation is 1. The number of carboxylic acid groups (broad SMARTS) is 1. The van der Waals surface area contributed by atoms with Gasteiger partial charge in [0.2, 0.25) is 5.91 Å². The highest BCUT2D eigenvalue weighted by atomic mass is 32.1. The molecule has 0 radical (unpaired) electrons. The number of anilines is 2. The summed E-state index contributed by atoms with van der Waals surface area (Å²) in [4.78, 5) is 30.4. The summed E-state index contributed by atoms with van der Waals surface area (Å²) >= 11 is 5.86. The number of thiocarbonyl (C=S) groups is 1. The van der Waals surface area contributed by atoms with E-state index < -0.39 is 5.97 Å². The SMILES string of the molecule is COCC(=O)Nc1ccc(N2C(=S)N[C@H](c3ccccn3)[C@@H]2c2cccn2-c2cccc(C(=O)O)c2)cc1C. The van der Waals surface area contributed by atoms with Gasteiger partial charge in [-0.1, -0.05) is 12.1 Å². The molecule has 0 spiro atoms. The van der Waals surface area contributed by atoms with Gasteiger partial charge in [0.25, 0.3) is 0 Å². The van der Waals surface area contributed by atoms with Crippen LogP contribution in [-0.2, 0) is 9.53 Å². The van der Waals surface area contributed by atoms with Crippen molar-refractivity contribution in [2.45, 2.75) is 19.0 Å². The van der Waals surface area contributed by atoms with Crippen molar-refractivity contribution in [2.75, 3.05) is 23.9 Å². The molecule has 0 saturated carbocycles. The second-order valence-corrected chi connectivity index (χ2v) is 9.52. The van der Waals surface area contributed by atoms with E-state index in [1.807, 2.05) is 77.2 Å². The van der Waals surface area contributed by atoms with Crippen LogP contribution in [0.4, 0.5) is 11.4 Å². The minimum absolute atomic E-state index is 0.0325. The molecule has 4 aromatic rings. The number of nitrogens with zero attached hydrogens (tertiary/aromatic N) is 3. The van der Waals surface area contributed by atoms with Gasteiger partial charge in [-0.3, -0.25) is 9.78 Å². The van der Waals surface area contributed by atoms with Gasteiger partial charge in [0.1, 0.15) is 12.6 Å². The van der Waals surface area contributed by atoms with Crippen LogP contribution in [0.5, 0.6) is 0 Å². The maximum atomic E-state index is 12.1. The Labute approximate surface area is 231 Å². The standard InChI is InChI=1S/C29H27N5O4S/c1-18-15-21(11-12-22(18)31-25(35)17-38-2)34-27(26(32-29(34)39)23-9-3-4-13-30-23)24-10-6-14-33(24)20-8-5-7-19(16-20)28(36)37/h3-16,26-27H,17H2,1-2H3,(H,31,35)(H,32,39)(H,36,37)/t26-,27+/m1/s1. The van der Waals surface area contributed by atoms with Crippen molar-refractivity contribution in [1.29, 1.82) is 0 Å². The lowest BCUT2D eigenvalue weighted by Crippen LogP contribution is -2.30. The molecule has 2 aromatic carbocycles. The Hall–Kier alpha value is -4.54. The lowest BCUT2D eigenvalue weighted by molar-refractivity contribution is -0.119. The molecule has 0 aliphatic carbocycles. The highest BCUT2D eigenvalue weighted by Gasteiger charge is 2.42. The number of hydrogen-bond donors (Lipinski definition) is 3. The number of hydrogen-bond acceptors (Lipinski definition) is 5.